The lowest BCUT2D eigenvalue weighted by Crippen LogP contribution is -2.11. The zero-order chi connectivity index (χ0) is 14.1. The van der Waals surface area contributed by atoms with E-state index in [1.165, 1.54) is 11.1 Å². The summed E-state index contributed by atoms with van der Waals surface area (Å²) < 4.78 is 2.09. The van der Waals surface area contributed by atoms with E-state index in [1.807, 2.05) is 31.3 Å². The first-order valence-electron chi connectivity index (χ1n) is 6.92. The van der Waals surface area contributed by atoms with E-state index >= 15 is 0 Å². The molecule has 3 aromatic rings. The molecular weight excluding hydrogens is 246 g/mol. The van der Waals surface area contributed by atoms with E-state index in [2.05, 4.69) is 35.6 Å². The number of pyridine rings is 1. The Hall–Kier alpha value is -2.13. The number of nitrogens with two attached hydrogens (primary N) is 1. The van der Waals surface area contributed by atoms with Crippen molar-refractivity contribution in [1.82, 2.24) is 9.38 Å². The molecule has 0 bridgehead atoms. The van der Waals surface area contributed by atoms with Crippen LogP contribution in [0, 0.1) is 6.92 Å². The number of nitrogens with zero attached hydrogens (tertiary/aromatic N) is 2. The van der Waals surface area contributed by atoms with Crippen molar-refractivity contribution in [2.75, 3.05) is 0 Å². The SMILES string of the molecule is Cc1ccc(Cc2nc3ccccn3c2C(C)N)cc1. The van der Waals surface area contributed by atoms with Gasteiger partial charge in [0.25, 0.3) is 0 Å². The van der Waals surface area contributed by atoms with Crippen LogP contribution in [0.25, 0.3) is 5.65 Å². The van der Waals surface area contributed by atoms with E-state index < -0.39 is 0 Å². The molecule has 0 saturated heterocycles. The van der Waals surface area contributed by atoms with Crippen LogP contribution in [0.3, 0.4) is 0 Å². The molecule has 0 radical (unpaired) electrons. The highest BCUT2D eigenvalue weighted by molar-refractivity contribution is 5.45. The smallest absolute Gasteiger partial charge is 0.137 e. The predicted octanol–water partition coefficient (Wildman–Crippen LogP) is 3.25. The third-order valence-electron chi connectivity index (χ3n) is 3.57. The van der Waals surface area contributed by atoms with Gasteiger partial charge in [-0.2, -0.15) is 0 Å². The molecule has 0 saturated carbocycles. The standard InChI is InChI=1S/C17H19N3/c1-12-6-8-14(9-7-12)11-15-17(13(2)18)20-10-4-3-5-16(20)19-15/h3-10,13H,11,18H2,1-2H3. The summed E-state index contributed by atoms with van der Waals surface area (Å²) in [6.45, 7) is 4.11. The highest BCUT2D eigenvalue weighted by Crippen LogP contribution is 2.21. The molecule has 1 unspecified atom stereocenters. The first-order valence-corrected chi connectivity index (χ1v) is 6.92. The second-order valence-electron chi connectivity index (χ2n) is 5.32. The Balaban J connectivity index is 2.06. The Bertz CT molecular complexity index is 724. The van der Waals surface area contributed by atoms with Gasteiger partial charge in [0.2, 0.25) is 0 Å². The highest BCUT2D eigenvalue weighted by atomic mass is 15.0. The van der Waals surface area contributed by atoms with E-state index in [0.29, 0.717) is 0 Å². The summed E-state index contributed by atoms with van der Waals surface area (Å²) in [6, 6.07) is 14.6. The minimum Gasteiger partial charge on any atom is -0.323 e. The molecule has 0 fully saturated rings. The van der Waals surface area contributed by atoms with Crippen molar-refractivity contribution in [3.63, 3.8) is 0 Å². The molecule has 2 N–H and O–H groups in total. The Kier molecular flexibility index (Phi) is 3.28. The second-order valence-corrected chi connectivity index (χ2v) is 5.32. The maximum Gasteiger partial charge on any atom is 0.137 e. The minimum absolute atomic E-state index is 0.0344. The van der Waals surface area contributed by atoms with Gasteiger partial charge in [-0.3, -0.25) is 0 Å². The quantitative estimate of drug-likeness (QED) is 0.790. The van der Waals surface area contributed by atoms with E-state index in [9.17, 15) is 0 Å². The van der Waals surface area contributed by atoms with Crippen LogP contribution in [0.2, 0.25) is 0 Å². The van der Waals surface area contributed by atoms with Crippen LogP contribution in [0.4, 0.5) is 0 Å². The molecule has 0 aliphatic carbocycles. The van der Waals surface area contributed by atoms with Crippen molar-refractivity contribution in [2.45, 2.75) is 26.3 Å². The Labute approximate surface area is 119 Å². The summed E-state index contributed by atoms with van der Waals surface area (Å²) in [7, 11) is 0. The fraction of sp³-hybridized carbons (Fsp3) is 0.235. The first kappa shape index (κ1) is 12.9. The summed E-state index contributed by atoms with van der Waals surface area (Å²) in [6.07, 6.45) is 2.85. The fourth-order valence-corrected chi connectivity index (χ4v) is 2.58. The Morgan fingerprint density at radius 2 is 1.90 bits per heavy atom. The van der Waals surface area contributed by atoms with Gasteiger partial charge in [0, 0.05) is 18.7 Å². The molecular formula is C17H19N3. The van der Waals surface area contributed by atoms with Gasteiger partial charge in [0.15, 0.2) is 0 Å². The largest absolute Gasteiger partial charge is 0.323 e. The zero-order valence-electron chi connectivity index (χ0n) is 11.9. The average molecular weight is 265 g/mol. The lowest BCUT2D eigenvalue weighted by Gasteiger charge is -2.08. The van der Waals surface area contributed by atoms with Gasteiger partial charge in [-0.1, -0.05) is 35.9 Å². The van der Waals surface area contributed by atoms with Crippen LogP contribution in [-0.4, -0.2) is 9.38 Å². The Morgan fingerprint density at radius 3 is 2.60 bits per heavy atom. The van der Waals surface area contributed by atoms with Crippen molar-refractivity contribution in [3.05, 3.63) is 71.2 Å². The molecule has 1 aromatic carbocycles. The lowest BCUT2D eigenvalue weighted by molar-refractivity contribution is 0.755. The van der Waals surface area contributed by atoms with Gasteiger partial charge in [-0.05, 0) is 31.5 Å². The first-order chi connectivity index (χ1) is 9.65. The number of fused-ring (bicyclic) bond motifs is 1. The molecule has 2 heterocycles. The number of aromatic nitrogens is 2. The normalized spacial score (nSPS) is 12.8. The molecule has 0 aliphatic heterocycles. The number of hydrogen-bond acceptors (Lipinski definition) is 2. The number of rotatable bonds is 3. The molecule has 3 rings (SSSR count). The van der Waals surface area contributed by atoms with Crippen molar-refractivity contribution in [3.8, 4) is 0 Å². The molecule has 0 spiro atoms. The molecule has 20 heavy (non-hydrogen) atoms. The summed E-state index contributed by atoms with van der Waals surface area (Å²) in [5.74, 6) is 0. The number of imidazole rings is 1. The zero-order valence-corrected chi connectivity index (χ0v) is 11.9. The number of benzene rings is 1. The lowest BCUT2D eigenvalue weighted by atomic mass is 10.0. The second kappa shape index (κ2) is 5.10. The number of hydrogen-bond donors (Lipinski definition) is 1. The Morgan fingerprint density at radius 1 is 1.15 bits per heavy atom. The van der Waals surface area contributed by atoms with Crippen LogP contribution >= 0.6 is 0 Å². The van der Waals surface area contributed by atoms with Gasteiger partial charge in [0.1, 0.15) is 5.65 Å². The van der Waals surface area contributed by atoms with Gasteiger partial charge < -0.3 is 10.1 Å². The van der Waals surface area contributed by atoms with Gasteiger partial charge >= 0.3 is 0 Å². The fourth-order valence-electron chi connectivity index (χ4n) is 2.58. The van der Waals surface area contributed by atoms with Gasteiger partial charge in [0.05, 0.1) is 11.4 Å². The summed E-state index contributed by atoms with van der Waals surface area (Å²) in [5.41, 5.74) is 11.8. The van der Waals surface area contributed by atoms with Crippen molar-refractivity contribution in [1.29, 1.82) is 0 Å². The van der Waals surface area contributed by atoms with Crippen molar-refractivity contribution in [2.24, 2.45) is 5.73 Å². The van der Waals surface area contributed by atoms with Crippen molar-refractivity contribution < 1.29 is 0 Å². The van der Waals surface area contributed by atoms with Gasteiger partial charge in [-0.25, -0.2) is 4.98 Å². The molecule has 102 valence electrons. The molecule has 3 nitrogen and oxygen atoms in total. The third-order valence-corrected chi connectivity index (χ3v) is 3.57. The van der Waals surface area contributed by atoms with Crippen LogP contribution in [0.5, 0.6) is 0 Å². The highest BCUT2D eigenvalue weighted by Gasteiger charge is 2.15. The van der Waals surface area contributed by atoms with E-state index in [4.69, 9.17) is 10.7 Å². The monoisotopic (exact) mass is 265 g/mol. The van der Waals surface area contributed by atoms with Crippen LogP contribution in [-0.2, 0) is 6.42 Å². The average Bonchev–Trinajstić information content (AvgIpc) is 2.79. The van der Waals surface area contributed by atoms with E-state index in [0.717, 1.165) is 23.5 Å². The topological polar surface area (TPSA) is 43.3 Å². The van der Waals surface area contributed by atoms with Crippen LogP contribution in [0.1, 0.15) is 35.5 Å². The molecule has 0 aliphatic rings. The van der Waals surface area contributed by atoms with Gasteiger partial charge in [-0.15, -0.1) is 0 Å². The maximum atomic E-state index is 6.14. The predicted molar refractivity (Wildman–Crippen MR) is 81.8 cm³/mol. The molecule has 3 heteroatoms. The van der Waals surface area contributed by atoms with Crippen LogP contribution < -0.4 is 5.73 Å². The van der Waals surface area contributed by atoms with Crippen molar-refractivity contribution >= 4 is 5.65 Å². The summed E-state index contributed by atoms with van der Waals surface area (Å²) >= 11 is 0. The van der Waals surface area contributed by atoms with E-state index in [-0.39, 0.29) is 6.04 Å². The third kappa shape index (κ3) is 2.32. The minimum atomic E-state index is -0.0344. The molecule has 0 amide bonds. The molecule has 1 atom stereocenters. The van der Waals surface area contributed by atoms with E-state index in [1.54, 1.807) is 0 Å². The maximum absolute atomic E-state index is 6.14. The summed E-state index contributed by atoms with van der Waals surface area (Å²) in [4.78, 5) is 4.73. The number of aryl methyl sites for hydroxylation is 1. The molecule has 2 aromatic heterocycles. The van der Waals surface area contributed by atoms with Crippen LogP contribution in [0.15, 0.2) is 48.7 Å². The summed E-state index contributed by atoms with van der Waals surface area (Å²) in [5, 5.41) is 0.